The number of anilines is 1. The molecule has 0 aliphatic rings. The number of carbonyl (C=O) groups is 1. The van der Waals surface area contributed by atoms with Gasteiger partial charge in [-0.3, -0.25) is 9.78 Å². The van der Waals surface area contributed by atoms with E-state index in [9.17, 15) is 4.79 Å². The van der Waals surface area contributed by atoms with E-state index in [2.05, 4.69) is 36.5 Å². The molecule has 0 bridgehead atoms. The molecule has 2 rings (SSSR count). The van der Waals surface area contributed by atoms with Crippen LogP contribution in [0.25, 0.3) is 0 Å². The molecule has 0 saturated carbocycles. The molecule has 1 aromatic heterocycles. The van der Waals surface area contributed by atoms with Crippen molar-refractivity contribution in [1.82, 2.24) is 15.3 Å². The van der Waals surface area contributed by atoms with E-state index in [0.717, 1.165) is 10.0 Å². The highest BCUT2D eigenvalue weighted by molar-refractivity contribution is 9.10. The van der Waals surface area contributed by atoms with Crippen LogP contribution in [0.4, 0.5) is 5.82 Å². The third-order valence-corrected chi connectivity index (χ3v) is 3.72. The molecule has 7 heteroatoms. The summed E-state index contributed by atoms with van der Waals surface area (Å²) >= 11 is 3.36. The summed E-state index contributed by atoms with van der Waals surface area (Å²) in [6.45, 7) is 2.68. The Kier molecular flexibility index (Phi) is 5.46. The SMILES string of the molecule is CC(N)(C(=O)NCCNc1cnccn1)c1ccc(Br)cc1. The Morgan fingerprint density at radius 3 is 2.64 bits per heavy atom. The van der Waals surface area contributed by atoms with Gasteiger partial charge >= 0.3 is 0 Å². The fraction of sp³-hybridized carbons (Fsp3) is 0.267. The van der Waals surface area contributed by atoms with Crippen LogP contribution in [0.1, 0.15) is 12.5 Å². The first kappa shape index (κ1) is 16.4. The first-order chi connectivity index (χ1) is 10.5. The van der Waals surface area contributed by atoms with Crippen molar-refractivity contribution in [3.8, 4) is 0 Å². The highest BCUT2D eigenvalue weighted by atomic mass is 79.9. The molecular formula is C15H18BrN5O. The number of benzene rings is 1. The largest absolute Gasteiger partial charge is 0.367 e. The van der Waals surface area contributed by atoms with Gasteiger partial charge in [-0.25, -0.2) is 4.98 Å². The predicted octanol–water partition coefficient (Wildman–Crippen LogP) is 1.64. The van der Waals surface area contributed by atoms with Gasteiger partial charge in [-0.2, -0.15) is 0 Å². The van der Waals surface area contributed by atoms with E-state index in [1.807, 2.05) is 24.3 Å². The molecule has 0 aliphatic carbocycles. The molecule has 1 unspecified atom stereocenters. The van der Waals surface area contributed by atoms with Gasteiger partial charge in [-0.05, 0) is 24.6 Å². The third kappa shape index (κ3) is 4.25. The normalized spacial score (nSPS) is 13.2. The molecule has 0 radical (unpaired) electrons. The quantitative estimate of drug-likeness (QED) is 0.678. The minimum Gasteiger partial charge on any atom is -0.367 e. The Bertz CT molecular complexity index is 616. The summed E-state index contributed by atoms with van der Waals surface area (Å²) in [7, 11) is 0. The smallest absolute Gasteiger partial charge is 0.244 e. The van der Waals surface area contributed by atoms with E-state index in [1.54, 1.807) is 25.5 Å². The number of rotatable bonds is 6. The molecule has 0 saturated heterocycles. The summed E-state index contributed by atoms with van der Waals surface area (Å²) in [5.41, 5.74) is 5.84. The predicted molar refractivity (Wildman–Crippen MR) is 89.2 cm³/mol. The van der Waals surface area contributed by atoms with E-state index in [-0.39, 0.29) is 5.91 Å². The molecule has 1 heterocycles. The van der Waals surface area contributed by atoms with Crippen molar-refractivity contribution in [2.75, 3.05) is 18.4 Å². The Hall–Kier alpha value is -1.99. The van der Waals surface area contributed by atoms with Gasteiger partial charge in [0.2, 0.25) is 5.91 Å². The van der Waals surface area contributed by atoms with E-state index >= 15 is 0 Å². The van der Waals surface area contributed by atoms with E-state index < -0.39 is 5.54 Å². The average molecular weight is 364 g/mol. The second kappa shape index (κ2) is 7.33. The number of halogens is 1. The average Bonchev–Trinajstić information content (AvgIpc) is 2.52. The van der Waals surface area contributed by atoms with Crippen LogP contribution < -0.4 is 16.4 Å². The van der Waals surface area contributed by atoms with Crippen LogP contribution in [0.3, 0.4) is 0 Å². The zero-order chi connectivity index (χ0) is 16.0. The van der Waals surface area contributed by atoms with Crippen LogP contribution in [0, 0.1) is 0 Å². The summed E-state index contributed by atoms with van der Waals surface area (Å²) < 4.78 is 0.945. The fourth-order valence-electron chi connectivity index (χ4n) is 1.87. The van der Waals surface area contributed by atoms with Crippen molar-refractivity contribution in [3.63, 3.8) is 0 Å². The molecule has 1 aromatic carbocycles. The highest BCUT2D eigenvalue weighted by Gasteiger charge is 2.29. The van der Waals surface area contributed by atoms with Gasteiger partial charge < -0.3 is 16.4 Å². The molecule has 0 fully saturated rings. The van der Waals surface area contributed by atoms with Gasteiger partial charge in [-0.1, -0.05) is 28.1 Å². The Morgan fingerprint density at radius 1 is 1.27 bits per heavy atom. The molecule has 2 aromatic rings. The first-order valence-corrected chi connectivity index (χ1v) is 7.62. The summed E-state index contributed by atoms with van der Waals surface area (Å²) in [5.74, 6) is 0.441. The van der Waals surface area contributed by atoms with Crippen molar-refractivity contribution >= 4 is 27.7 Å². The van der Waals surface area contributed by atoms with Crippen LogP contribution >= 0.6 is 15.9 Å². The number of carbonyl (C=O) groups excluding carboxylic acids is 1. The number of nitrogens with zero attached hydrogens (tertiary/aromatic N) is 2. The monoisotopic (exact) mass is 363 g/mol. The fourth-order valence-corrected chi connectivity index (χ4v) is 2.13. The Labute approximate surface area is 137 Å². The molecular weight excluding hydrogens is 346 g/mol. The first-order valence-electron chi connectivity index (χ1n) is 6.83. The van der Waals surface area contributed by atoms with Crippen LogP contribution in [0.5, 0.6) is 0 Å². The number of amides is 1. The lowest BCUT2D eigenvalue weighted by atomic mass is 9.92. The Balaban J connectivity index is 1.84. The van der Waals surface area contributed by atoms with Gasteiger partial charge in [0.1, 0.15) is 11.4 Å². The molecule has 116 valence electrons. The van der Waals surface area contributed by atoms with Gasteiger partial charge in [0.05, 0.1) is 6.20 Å². The van der Waals surface area contributed by atoms with Gasteiger partial charge in [0.15, 0.2) is 0 Å². The van der Waals surface area contributed by atoms with Crippen molar-refractivity contribution in [2.45, 2.75) is 12.5 Å². The van der Waals surface area contributed by atoms with E-state index in [0.29, 0.717) is 18.9 Å². The topological polar surface area (TPSA) is 92.9 Å². The lowest BCUT2D eigenvalue weighted by Crippen LogP contribution is -2.49. The molecule has 0 spiro atoms. The summed E-state index contributed by atoms with van der Waals surface area (Å²) in [5, 5.41) is 5.88. The zero-order valence-electron chi connectivity index (χ0n) is 12.2. The summed E-state index contributed by atoms with van der Waals surface area (Å²) in [4.78, 5) is 20.3. The second-order valence-corrected chi connectivity index (χ2v) is 5.90. The zero-order valence-corrected chi connectivity index (χ0v) is 13.8. The maximum Gasteiger partial charge on any atom is 0.244 e. The maximum atomic E-state index is 12.3. The van der Waals surface area contributed by atoms with Crippen LogP contribution in [0.15, 0.2) is 47.3 Å². The third-order valence-electron chi connectivity index (χ3n) is 3.20. The van der Waals surface area contributed by atoms with Crippen molar-refractivity contribution in [1.29, 1.82) is 0 Å². The summed E-state index contributed by atoms with van der Waals surface area (Å²) in [6.07, 6.45) is 4.83. The van der Waals surface area contributed by atoms with Crippen molar-refractivity contribution < 1.29 is 4.79 Å². The highest BCUT2D eigenvalue weighted by Crippen LogP contribution is 2.20. The lowest BCUT2D eigenvalue weighted by Gasteiger charge is -2.24. The van der Waals surface area contributed by atoms with Crippen molar-refractivity contribution in [2.24, 2.45) is 5.73 Å². The van der Waals surface area contributed by atoms with Crippen LogP contribution in [-0.4, -0.2) is 29.0 Å². The summed E-state index contributed by atoms with van der Waals surface area (Å²) in [6, 6.07) is 7.40. The maximum absolute atomic E-state index is 12.3. The van der Waals surface area contributed by atoms with Crippen LogP contribution in [0.2, 0.25) is 0 Å². The number of hydrogen-bond acceptors (Lipinski definition) is 5. The van der Waals surface area contributed by atoms with Gasteiger partial charge in [-0.15, -0.1) is 0 Å². The van der Waals surface area contributed by atoms with Crippen molar-refractivity contribution in [3.05, 3.63) is 52.9 Å². The second-order valence-electron chi connectivity index (χ2n) is 4.98. The van der Waals surface area contributed by atoms with Gasteiger partial charge in [0.25, 0.3) is 0 Å². The molecule has 1 amide bonds. The molecule has 4 N–H and O–H groups in total. The Morgan fingerprint density at radius 2 is 2.00 bits per heavy atom. The minimum absolute atomic E-state index is 0.226. The van der Waals surface area contributed by atoms with Crippen LogP contribution in [-0.2, 0) is 10.3 Å². The standard InChI is InChI=1S/C15H18BrN5O/c1-15(17,11-2-4-12(16)5-3-11)14(22)21-9-8-20-13-10-18-6-7-19-13/h2-7,10H,8-9,17H2,1H3,(H,19,20)(H,21,22). The van der Waals surface area contributed by atoms with E-state index in [1.165, 1.54) is 0 Å². The molecule has 0 aliphatic heterocycles. The lowest BCUT2D eigenvalue weighted by molar-refractivity contribution is -0.126. The van der Waals surface area contributed by atoms with Gasteiger partial charge in [0, 0.05) is 30.0 Å². The number of nitrogens with two attached hydrogens (primary N) is 1. The van der Waals surface area contributed by atoms with E-state index in [4.69, 9.17) is 5.73 Å². The number of hydrogen-bond donors (Lipinski definition) is 3. The molecule has 22 heavy (non-hydrogen) atoms. The minimum atomic E-state index is -1.08. The number of aromatic nitrogens is 2. The molecule has 1 atom stereocenters. The number of nitrogens with one attached hydrogen (secondary N) is 2. The molecule has 6 nitrogen and oxygen atoms in total.